The lowest BCUT2D eigenvalue weighted by atomic mass is 9.73. The number of carbonyl (C=O) groups is 2. The van der Waals surface area contributed by atoms with Crippen LogP contribution in [0.2, 0.25) is 0 Å². The van der Waals surface area contributed by atoms with Crippen LogP contribution in [0.5, 0.6) is 11.5 Å². The Hall–Kier alpha value is -3.62. The number of anilines is 1. The first-order valence-corrected chi connectivity index (χ1v) is 10.3. The molecule has 9 nitrogen and oxygen atoms in total. The summed E-state index contributed by atoms with van der Waals surface area (Å²) in [5, 5.41) is 5.68. The van der Waals surface area contributed by atoms with Crippen molar-refractivity contribution in [2.75, 3.05) is 18.9 Å². The summed E-state index contributed by atoms with van der Waals surface area (Å²) in [6.45, 7) is 0.401. The second-order valence-corrected chi connectivity index (χ2v) is 7.77. The first-order chi connectivity index (χ1) is 15.0. The highest BCUT2D eigenvalue weighted by Crippen LogP contribution is 2.36. The molecule has 1 aliphatic carbocycles. The summed E-state index contributed by atoms with van der Waals surface area (Å²) in [6, 6.07) is 8.83. The lowest BCUT2D eigenvalue weighted by Gasteiger charge is -2.34. The number of fused-ring (bicyclic) bond motifs is 1. The molecule has 4 rings (SSSR count). The molecule has 4 N–H and O–H groups in total. The number of nitrogens with one attached hydrogen (secondary N) is 2. The zero-order valence-corrected chi connectivity index (χ0v) is 17.3. The summed E-state index contributed by atoms with van der Waals surface area (Å²) >= 11 is 0. The van der Waals surface area contributed by atoms with Gasteiger partial charge < -0.3 is 25.5 Å². The Bertz CT molecular complexity index is 1100. The average Bonchev–Trinajstić information content (AvgIpc) is 3.20. The molecule has 9 heteroatoms. The standard InChI is InChI=1S/C22H25N5O4/c1-24-19(28)17-11-15(7-10-25-17)30-14-5-6-16-18(12-14)31-21(27-16)26-13-22(20(23)29)8-3-2-4-9-22/h5-7,10-12H,2-4,8-9,13H2,1H3,(H2,23,29)(H,24,28)(H,26,27). The van der Waals surface area contributed by atoms with Gasteiger partial charge in [-0.2, -0.15) is 4.98 Å². The molecule has 1 aliphatic rings. The fourth-order valence-electron chi connectivity index (χ4n) is 3.89. The van der Waals surface area contributed by atoms with Crippen LogP contribution in [0, 0.1) is 5.41 Å². The lowest BCUT2D eigenvalue weighted by molar-refractivity contribution is -0.128. The predicted molar refractivity (Wildman–Crippen MR) is 115 cm³/mol. The van der Waals surface area contributed by atoms with Gasteiger partial charge in [0.25, 0.3) is 11.9 Å². The normalized spacial score (nSPS) is 15.4. The van der Waals surface area contributed by atoms with Gasteiger partial charge in [0, 0.05) is 31.9 Å². The number of amides is 2. The van der Waals surface area contributed by atoms with Gasteiger partial charge in [0.15, 0.2) is 5.58 Å². The van der Waals surface area contributed by atoms with E-state index in [1.165, 1.54) is 6.20 Å². The van der Waals surface area contributed by atoms with E-state index < -0.39 is 5.41 Å². The molecule has 2 amide bonds. The maximum absolute atomic E-state index is 12.1. The largest absolute Gasteiger partial charge is 0.457 e. The number of carbonyl (C=O) groups excluding carboxylic acids is 2. The van der Waals surface area contributed by atoms with E-state index in [9.17, 15) is 9.59 Å². The second-order valence-electron chi connectivity index (χ2n) is 7.77. The van der Waals surface area contributed by atoms with Gasteiger partial charge in [0.2, 0.25) is 5.91 Å². The van der Waals surface area contributed by atoms with Crippen molar-refractivity contribution >= 4 is 28.9 Å². The van der Waals surface area contributed by atoms with Crippen molar-refractivity contribution in [3.63, 3.8) is 0 Å². The molecule has 0 atom stereocenters. The zero-order chi connectivity index (χ0) is 21.8. The highest BCUT2D eigenvalue weighted by molar-refractivity contribution is 5.92. The summed E-state index contributed by atoms with van der Waals surface area (Å²) in [4.78, 5) is 32.3. The first kappa shape index (κ1) is 20.6. The van der Waals surface area contributed by atoms with E-state index in [1.807, 2.05) is 0 Å². The van der Waals surface area contributed by atoms with Crippen molar-refractivity contribution in [3.05, 3.63) is 42.2 Å². The third-order valence-electron chi connectivity index (χ3n) is 5.70. The molecule has 1 fully saturated rings. The number of hydrogen-bond donors (Lipinski definition) is 3. The quantitative estimate of drug-likeness (QED) is 0.531. The number of rotatable bonds is 7. The van der Waals surface area contributed by atoms with Gasteiger partial charge in [0.1, 0.15) is 22.7 Å². The minimum Gasteiger partial charge on any atom is -0.457 e. The zero-order valence-electron chi connectivity index (χ0n) is 17.3. The Morgan fingerprint density at radius 2 is 1.94 bits per heavy atom. The maximum atomic E-state index is 12.1. The molecule has 31 heavy (non-hydrogen) atoms. The highest BCUT2D eigenvalue weighted by atomic mass is 16.5. The van der Waals surface area contributed by atoms with Crippen LogP contribution in [0.25, 0.3) is 11.1 Å². The van der Waals surface area contributed by atoms with Crippen molar-refractivity contribution in [1.82, 2.24) is 15.3 Å². The van der Waals surface area contributed by atoms with E-state index in [4.69, 9.17) is 14.9 Å². The number of ether oxygens (including phenoxy) is 1. The summed E-state index contributed by atoms with van der Waals surface area (Å²) in [5.41, 5.74) is 6.60. The van der Waals surface area contributed by atoms with Crippen LogP contribution in [0.3, 0.4) is 0 Å². The van der Waals surface area contributed by atoms with Crippen molar-refractivity contribution in [3.8, 4) is 11.5 Å². The second kappa shape index (κ2) is 8.63. The molecule has 2 aromatic heterocycles. The smallest absolute Gasteiger partial charge is 0.295 e. The fraction of sp³-hybridized carbons (Fsp3) is 0.364. The summed E-state index contributed by atoms with van der Waals surface area (Å²) < 4.78 is 11.7. The number of benzene rings is 1. The van der Waals surface area contributed by atoms with E-state index in [-0.39, 0.29) is 17.5 Å². The van der Waals surface area contributed by atoms with Gasteiger partial charge >= 0.3 is 0 Å². The van der Waals surface area contributed by atoms with Gasteiger partial charge in [-0.25, -0.2) is 0 Å². The molecule has 0 aliphatic heterocycles. The van der Waals surface area contributed by atoms with Gasteiger partial charge in [-0.3, -0.25) is 14.6 Å². The third-order valence-corrected chi connectivity index (χ3v) is 5.70. The Morgan fingerprint density at radius 1 is 1.16 bits per heavy atom. The van der Waals surface area contributed by atoms with Crippen LogP contribution < -0.4 is 21.1 Å². The van der Waals surface area contributed by atoms with E-state index in [0.29, 0.717) is 35.2 Å². The molecule has 0 unspecified atom stereocenters. The number of hydrogen-bond acceptors (Lipinski definition) is 7. The van der Waals surface area contributed by atoms with E-state index in [0.717, 1.165) is 32.1 Å². The first-order valence-electron chi connectivity index (χ1n) is 10.3. The molecule has 2 heterocycles. The van der Waals surface area contributed by atoms with Gasteiger partial charge in [-0.05, 0) is 31.0 Å². The molecule has 0 bridgehead atoms. The van der Waals surface area contributed by atoms with Gasteiger partial charge in [0.05, 0.1) is 5.41 Å². The number of aromatic nitrogens is 2. The monoisotopic (exact) mass is 423 g/mol. The summed E-state index contributed by atoms with van der Waals surface area (Å²) in [5.74, 6) is 0.440. The lowest BCUT2D eigenvalue weighted by Crippen LogP contribution is -2.44. The Balaban J connectivity index is 1.48. The van der Waals surface area contributed by atoms with Crippen LogP contribution in [-0.4, -0.2) is 35.4 Å². The van der Waals surface area contributed by atoms with Crippen molar-refractivity contribution in [2.45, 2.75) is 32.1 Å². The topological polar surface area (TPSA) is 132 Å². The average molecular weight is 423 g/mol. The van der Waals surface area contributed by atoms with Gasteiger partial charge in [-0.1, -0.05) is 19.3 Å². The Kier molecular flexibility index (Phi) is 5.75. The van der Waals surface area contributed by atoms with Crippen LogP contribution in [0.15, 0.2) is 40.9 Å². The van der Waals surface area contributed by atoms with E-state index in [2.05, 4.69) is 20.6 Å². The molecule has 0 radical (unpaired) electrons. The molecule has 1 saturated carbocycles. The SMILES string of the molecule is CNC(=O)c1cc(Oc2ccc3nc(NCC4(C(N)=O)CCCCC4)oc3c2)ccn1. The minimum atomic E-state index is -0.559. The van der Waals surface area contributed by atoms with Crippen molar-refractivity contribution in [2.24, 2.45) is 11.1 Å². The van der Waals surface area contributed by atoms with Crippen molar-refractivity contribution < 1.29 is 18.7 Å². The molecular formula is C22H25N5O4. The number of primary amides is 1. The van der Waals surface area contributed by atoms with Crippen LogP contribution >= 0.6 is 0 Å². The molecule has 0 saturated heterocycles. The number of nitrogens with zero attached hydrogens (tertiary/aromatic N) is 2. The van der Waals surface area contributed by atoms with Gasteiger partial charge in [-0.15, -0.1) is 0 Å². The molecule has 0 spiro atoms. The number of pyridine rings is 1. The number of nitrogens with two attached hydrogens (primary N) is 1. The van der Waals surface area contributed by atoms with Crippen LogP contribution in [0.4, 0.5) is 6.01 Å². The Morgan fingerprint density at radius 3 is 2.68 bits per heavy atom. The summed E-state index contributed by atoms with van der Waals surface area (Å²) in [6.07, 6.45) is 6.18. The predicted octanol–water partition coefficient (Wildman–Crippen LogP) is 3.22. The number of oxazole rings is 1. The molecular weight excluding hydrogens is 398 g/mol. The molecule has 1 aromatic carbocycles. The third kappa shape index (κ3) is 4.45. The van der Waals surface area contributed by atoms with Crippen molar-refractivity contribution in [1.29, 1.82) is 0 Å². The minimum absolute atomic E-state index is 0.262. The molecule has 3 aromatic rings. The van der Waals surface area contributed by atoms with E-state index >= 15 is 0 Å². The van der Waals surface area contributed by atoms with E-state index in [1.54, 1.807) is 37.4 Å². The van der Waals surface area contributed by atoms with Crippen LogP contribution in [-0.2, 0) is 4.79 Å². The molecule has 162 valence electrons. The van der Waals surface area contributed by atoms with Crippen LogP contribution in [0.1, 0.15) is 42.6 Å². The Labute approximate surface area is 179 Å². The summed E-state index contributed by atoms with van der Waals surface area (Å²) in [7, 11) is 1.54. The highest BCUT2D eigenvalue weighted by Gasteiger charge is 2.38. The fourth-order valence-corrected chi connectivity index (χ4v) is 3.89. The maximum Gasteiger partial charge on any atom is 0.295 e.